The quantitative estimate of drug-likeness (QED) is 0.809. The van der Waals surface area contributed by atoms with E-state index in [1.165, 1.54) is 6.42 Å². The van der Waals surface area contributed by atoms with Crippen LogP contribution in [0.2, 0.25) is 0 Å². The summed E-state index contributed by atoms with van der Waals surface area (Å²) in [6.45, 7) is 7.32. The third-order valence-electron chi connectivity index (χ3n) is 3.25. The zero-order valence-corrected chi connectivity index (χ0v) is 13.3. The summed E-state index contributed by atoms with van der Waals surface area (Å²) in [6.07, 6.45) is 6.44. The number of amides is 1. The first-order valence-electron chi connectivity index (χ1n) is 7.14. The number of ether oxygens (including phenoxy) is 1. The van der Waals surface area contributed by atoms with Gasteiger partial charge in [-0.1, -0.05) is 6.42 Å². The fraction of sp³-hybridized carbons (Fsp3) is 0.929. The predicted molar refractivity (Wildman–Crippen MR) is 80.7 cm³/mol. The topological polar surface area (TPSA) is 55.6 Å². The average molecular weight is 293 g/mol. The fourth-order valence-electron chi connectivity index (χ4n) is 2.39. The van der Waals surface area contributed by atoms with Gasteiger partial charge in [-0.15, -0.1) is 12.4 Å². The maximum absolute atomic E-state index is 12.1. The number of unbranched alkanes of at least 4 members (excludes halogenated alkanes) is 1. The summed E-state index contributed by atoms with van der Waals surface area (Å²) in [6, 6.07) is 0.347. The monoisotopic (exact) mass is 292 g/mol. The Bertz CT molecular complexity index is 267. The smallest absolute Gasteiger partial charge is 0.410 e. The van der Waals surface area contributed by atoms with Crippen molar-refractivity contribution in [2.24, 2.45) is 5.73 Å². The molecule has 0 radical (unpaired) electrons. The molecule has 0 aliphatic carbocycles. The molecule has 5 heteroatoms. The van der Waals surface area contributed by atoms with Gasteiger partial charge in [-0.05, 0) is 59.4 Å². The van der Waals surface area contributed by atoms with Gasteiger partial charge in [-0.3, -0.25) is 0 Å². The Morgan fingerprint density at radius 2 is 2.00 bits per heavy atom. The highest BCUT2D eigenvalue weighted by Crippen LogP contribution is 2.23. The third kappa shape index (κ3) is 7.02. The molecule has 114 valence electrons. The second-order valence-electron chi connectivity index (χ2n) is 6.11. The lowest BCUT2D eigenvalue weighted by molar-refractivity contribution is 0.00862. The van der Waals surface area contributed by atoms with Crippen LogP contribution < -0.4 is 5.73 Å². The van der Waals surface area contributed by atoms with Crippen LogP contribution >= 0.6 is 12.4 Å². The lowest BCUT2D eigenvalue weighted by Gasteiger charge is -2.36. The molecule has 0 aromatic rings. The maximum Gasteiger partial charge on any atom is 0.410 e. The van der Waals surface area contributed by atoms with E-state index in [-0.39, 0.29) is 18.5 Å². The van der Waals surface area contributed by atoms with Crippen molar-refractivity contribution in [3.05, 3.63) is 0 Å². The van der Waals surface area contributed by atoms with E-state index < -0.39 is 5.60 Å². The van der Waals surface area contributed by atoms with Gasteiger partial charge in [0.05, 0.1) is 0 Å². The first kappa shape index (κ1) is 18.5. The largest absolute Gasteiger partial charge is 0.444 e. The summed E-state index contributed by atoms with van der Waals surface area (Å²) in [7, 11) is 0. The second kappa shape index (κ2) is 8.64. The number of nitrogens with two attached hydrogens (primary N) is 1. The maximum atomic E-state index is 12.1. The van der Waals surface area contributed by atoms with Crippen molar-refractivity contribution in [3.8, 4) is 0 Å². The molecule has 0 saturated carbocycles. The van der Waals surface area contributed by atoms with Gasteiger partial charge in [0.2, 0.25) is 0 Å². The summed E-state index contributed by atoms with van der Waals surface area (Å²) in [5.74, 6) is 0. The van der Waals surface area contributed by atoms with Crippen LogP contribution in [0.4, 0.5) is 4.79 Å². The molecular formula is C14H29ClN2O2. The molecule has 1 aliphatic rings. The van der Waals surface area contributed by atoms with Gasteiger partial charge < -0.3 is 15.4 Å². The highest BCUT2D eigenvalue weighted by Gasteiger charge is 2.29. The minimum Gasteiger partial charge on any atom is -0.444 e. The molecule has 1 heterocycles. The molecule has 1 amide bonds. The third-order valence-corrected chi connectivity index (χ3v) is 3.25. The summed E-state index contributed by atoms with van der Waals surface area (Å²) in [5.41, 5.74) is 5.11. The minimum absolute atomic E-state index is 0. The molecule has 1 saturated heterocycles. The number of hydrogen-bond donors (Lipinski definition) is 1. The Balaban J connectivity index is 0.00000324. The van der Waals surface area contributed by atoms with Crippen LogP contribution in [0.1, 0.15) is 59.3 Å². The van der Waals surface area contributed by atoms with E-state index in [1.807, 2.05) is 25.7 Å². The van der Waals surface area contributed by atoms with Crippen molar-refractivity contribution in [1.29, 1.82) is 0 Å². The Morgan fingerprint density at radius 3 is 2.58 bits per heavy atom. The number of nitrogens with zero attached hydrogens (tertiary/aromatic N) is 1. The van der Waals surface area contributed by atoms with Crippen LogP contribution in [-0.4, -0.2) is 35.7 Å². The minimum atomic E-state index is -0.406. The molecule has 1 unspecified atom stereocenters. The van der Waals surface area contributed by atoms with Gasteiger partial charge in [0.25, 0.3) is 0 Å². The molecule has 19 heavy (non-hydrogen) atoms. The molecular weight excluding hydrogens is 264 g/mol. The molecule has 1 aliphatic heterocycles. The van der Waals surface area contributed by atoms with E-state index >= 15 is 0 Å². The fourth-order valence-corrected chi connectivity index (χ4v) is 2.39. The number of halogens is 1. The van der Waals surface area contributed by atoms with Crippen LogP contribution in [0.25, 0.3) is 0 Å². The Hall–Kier alpha value is -0.480. The van der Waals surface area contributed by atoms with Gasteiger partial charge in [-0.2, -0.15) is 0 Å². The number of likely N-dealkylation sites (tertiary alicyclic amines) is 1. The SMILES string of the molecule is CC(C)(C)OC(=O)N1CCCCC1CCCCN.Cl. The first-order valence-corrected chi connectivity index (χ1v) is 7.14. The van der Waals surface area contributed by atoms with Gasteiger partial charge in [0, 0.05) is 12.6 Å². The Morgan fingerprint density at radius 1 is 1.32 bits per heavy atom. The molecule has 1 rings (SSSR count). The molecule has 0 spiro atoms. The van der Waals surface area contributed by atoms with Crippen molar-refractivity contribution >= 4 is 18.5 Å². The highest BCUT2D eigenvalue weighted by molar-refractivity contribution is 5.85. The molecule has 0 bridgehead atoms. The summed E-state index contributed by atoms with van der Waals surface area (Å²) >= 11 is 0. The normalized spacial score (nSPS) is 19.8. The zero-order valence-electron chi connectivity index (χ0n) is 12.5. The van der Waals surface area contributed by atoms with Crippen molar-refractivity contribution in [2.75, 3.05) is 13.1 Å². The molecule has 0 aromatic carbocycles. The van der Waals surface area contributed by atoms with Crippen molar-refractivity contribution in [3.63, 3.8) is 0 Å². The summed E-state index contributed by atoms with van der Waals surface area (Å²) in [4.78, 5) is 14.1. The van der Waals surface area contributed by atoms with Crippen LogP contribution in [0.5, 0.6) is 0 Å². The molecule has 1 fully saturated rings. The summed E-state index contributed by atoms with van der Waals surface area (Å²) < 4.78 is 5.48. The van der Waals surface area contributed by atoms with Crippen LogP contribution in [0.3, 0.4) is 0 Å². The van der Waals surface area contributed by atoms with E-state index in [4.69, 9.17) is 10.5 Å². The van der Waals surface area contributed by atoms with Crippen LogP contribution in [0, 0.1) is 0 Å². The zero-order chi connectivity index (χ0) is 13.6. The van der Waals surface area contributed by atoms with Crippen molar-refractivity contribution in [1.82, 2.24) is 4.90 Å². The lowest BCUT2D eigenvalue weighted by Crippen LogP contribution is -2.46. The first-order chi connectivity index (χ1) is 8.44. The van der Waals surface area contributed by atoms with Gasteiger partial charge in [0.15, 0.2) is 0 Å². The van der Waals surface area contributed by atoms with Gasteiger partial charge >= 0.3 is 6.09 Å². The van der Waals surface area contributed by atoms with E-state index in [9.17, 15) is 4.79 Å². The van der Waals surface area contributed by atoms with Crippen molar-refractivity contribution in [2.45, 2.75) is 70.9 Å². The number of piperidine rings is 1. The highest BCUT2D eigenvalue weighted by atomic mass is 35.5. The van der Waals surface area contributed by atoms with Crippen LogP contribution in [-0.2, 0) is 4.74 Å². The van der Waals surface area contributed by atoms with E-state index in [1.54, 1.807) is 0 Å². The van der Waals surface area contributed by atoms with Crippen molar-refractivity contribution < 1.29 is 9.53 Å². The molecule has 4 nitrogen and oxygen atoms in total. The Labute approximate surface area is 123 Å². The average Bonchev–Trinajstić information content (AvgIpc) is 2.27. The predicted octanol–water partition coefficient (Wildman–Crippen LogP) is 3.33. The standard InChI is InChI=1S/C14H28N2O2.ClH/c1-14(2,3)18-13(17)16-11-7-5-9-12(16)8-4-6-10-15;/h12H,4-11,15H2,1-3H3;1H. The van der Waals surface area contributed by atoms with E-state index in [0.29, 0.717) is 6.04 Å². The molecule has 2 N–H and O–H groups in total. The number of rotatable bonds is 4. The lowest BCUT2D eigenvalue weighted by atomic mass is 9.97. The number of hydrogen-bond acceptors (Lipinski definition) is 3. The van der Waals surface area contributed by atoms with Gasteiger partial charge in [0.1, 0.15) is 5.60 Å². The molecule has 0 aromatic heterocycles. The second-order valence-corrected chi connectivity index (χ2v) is 6.11. The number of carbonyl (C=O) groups is 1. The van der Waals surface area contributed by atoms with Crippen LogP contribution in [0.15, 0.2) is 0 Å². The Kier molecular flexibility index (Phi) is 8.42. The molecule has 1 atom stereocenters. The van der Waals surface area contributed by atoms with E-state index in [0.717, 1.165) is 45.2 Å². The van der Waals surface area contributed by atoms with E-state index in [2.05, 4.69) is 0 Å². The summed E-state index contributed by atoms with van der Waals surface area (Å²) in [5, 5.41) is 0. The number of carbonyl (C=O) groups excluding carboxylic acids is 1. The van der Waals surface area contributed by atoms with Gasteiger partial charge in [-0.25, -0.2) is 4.79 Å².